The Morgan fingerprint density at radius 2 is 0.769 bits per heavy atom. The molecule has 306 valence electrons. The van der Waals surface area contributed by atoms with Gasteiger partial charge < -0.3 is 4.90 Å². The lowest BCUT2D eigenvalue weighted by atomic mass is 9.55. The zero-order valence-corrected chi connectivity index (χ0v) is 36.6. The van der Waals surface area contributed by atoms with Crippen molar-refractivity contribution in [3.05, 3.63) is 218 Å². The Balaban J connectivity index is 1.13. The predicted octanol–water partition coefficient (Wildman–Crippen LogP) is 17.7. The maximum absolute atomic E-state index is 2.64. The fraction of sp³-hybridized carbons (Fsp3) is 0.0938. The molecule has 2 atom stereocenters. The first-order chi connectivity index (χ1) is 32.0. The summed E-state index contributed by atoms with van der Waals surface area (Å²) in [5.41, 5.74) is 14.3. The molecular formula is C64H45N. The van der Waals surface area contributed by atoms with E-state index in [1.54, 1.807) is 0 Å². The second-order valence-electron chi connectivity index (χ2n) is 19.1. The van der Waals surface area contributed by atoms with E-state index in [9.17, 15) is 0 Å². The Morgan fingerprint density at radius 1 is 0.338 bits per heavy atom. The van der Waals surface area contributed by atoms with Crippen LogP contribution in [0.15, 0.2) is 212 Å². The van der Waals surface area contributed by atoms with Crippen molar-refractivity contribution in [3.8, 4) is 44.5 Å². The quantitative estimate of drug-likeness (QED) is 0.156. The number of nitrogens with zero attached hydrogens (tertiary/aromatic N) is 1. The van der Waals surface area contributed by atoms with Gasteiger partial charge in [0.25, 0.3) is 0 Å². The topological polar surface area (TPSA) is 3.24 Å². The highest BCUT2D eigenvalue weighted by molar-refractivity contribution is 6.33. The molecule has 0 aromatic heterocycles. The monoisotopic (exact) mass is 827 g/mol. The van der Waals surface area contributed by atoms with Crippen molar-refractivity contribution < 1.29 is 0 Å². The second kappa shape index (κ2) is 13.4. The van der Waals surface area contributed by atoms with Gasteiger partial charge in [0.15, 0.2) is 0 Å². The standard InChI is InChI=1S/C64H45N/c1-63-35-36-64(63,2)65(44-21-4-3-5-22-44)60-34-29-43(37-59(60)63)55-38-56(48-26-12-18-40-15-6-9-23-45(40)48)52-32-33-54-58(50-28-14-20-42-17-8-11-25-47(42)50)39-57(53-31-30-51(55)61(52)62(53)54)49-27-13-19-41-16-7-10-24-46(41)49/h3-34,37-39H,35-36H2,1-2H3. The summed E-state index contributed by atoms with van der Waals surface area (Å²) in [4.78, 5) is 2.64. The molecular weight excluding hydrogens is 783 g/mol. The number of benzene rings is 12. The van der Waals surface area contributed by atoms with E-state index in [-0.39, 0.29) is 11.0 Å². The Bertz CT molecular complexity index is 3820. The van der Waals surface area contributed by atoms with E-state index in [4.69, 9.17) is 0 Å². The minimum atomic E-state index is 0.0160. The van der Waals surface area contributed by atoms with Gasteiger partial charge in [-0.25, -0.2) is 0 Å². The molecule has 1 aliphatic heterocycles. The van der Waals surface area contributed by atoms with Crippen LogP contribution in [0.1, 0.15) is 32.3 Å². The largest absolute Gasteiger partial charge is 0.334 e. The minimum Gasteiger partial charge on any atom is -0.334 e. The van der Waals surface area contributed by atoms with Crippen LogP contribution in [-0.4, -0.2) is 5.54 Å². The number of fused-ring (bicyclic) bond motifs is 6. The number of hydrogen-bond donors (Lipinski definition) is 0. The summed E-state index contributed by atoms with van der Waals surface area (Å²) in [6, 6.07) is 80.2. The summed E-state index contributed by atoms with van der Waals surface area (Å²) < 4.78 is 0. The van der Waals surface area contributed by atoms with Crippen LogP contribution >= 0.6 is 0 Å². The van der Waals surface area contributed by atoms with Crippen LogP contribution in [0, 0.1) is 0 Å². The zero-order valence-electron chi connectivity index (χ0n) is 36.6. The van der Waals surface area contributed by atoms with Gasteiger partial charge >= 0.3 is 0 Å². The molecule has 14 rings (SSSR count). The molecule has 0 bridgehead atoms. The average molecular weight is 828 g/mol. The van der Waals surface area contributed by atoms with Crippen molar-refractivity contribution in [2.45, 2.75) is 37.6 Å². The Morgan fingerprint density at radius 3 is 1.25 bits per heavy atom. The summed E-state index contributed by atoms with van der Waals surface area (Å²) in [6.45, 7) is 5.00. The maximum Gasteiger partial charge on any atom is 0.0518 e. The smallest absolute Gasteiger partial charge is 0.0518 e. The van der Waals surface area contributed by atoms with Gasteiger partial charge in [-0.1, -0.05) is 183 Å². The molecule has 0 radical (unpaired) electrons. The van der Waals surface area contributed by atoms with E-state index in [1.165, 1.54) is 139 Å². The number of rotatable bonds is 5. The SMILES string of the molecule is CC12CCC1(C)N(c1ccccc1)c1ccc(-c3cc(-c4cccc5ccccc45)c4ccc5c(-c6cccc7ccccc67)cc(-c6cccc7ccccc67)c6ccc3c4c65)cc12. The lowest BCUT2D eigenvalue weighted by Gasteiger charge is -2.56. The van der Waals surface area contributed by atoms with Crippen LogP contribution in [0.4, 0.5) is 11.4 Å². The number of anilines is 2. The molecule has 65 heavy (non-hydrogen) atoms. The van der Waals surface area contributed by atoms with Crippen LogP contribution in [0.5, 0.6) is 0 Å². The van der Waals surface area contributed by atoms with Crippen molar-refractivity contribution in [1.82, 2.24) is 0 Å². The van der Waals surface area contributed by atoms with E-state index >= 15 is 0 Å². The Labute approximate surface area is 379 Å². The molecule has 0 N–H and O–H groups in total. The van der Waals surface area contributed by atoms with Gasteiger partial charge in [0.1, 0.15) is 0 Å². The molecule has 12 aromatic carbocycles. The second-order valence-corrected chi connectivity index (χ2v) is 19.1. The van der Waals surface area contributed by atoms with E-state index in [0.29, 0.717) is 0 Å². The molecule has 1 heteroatoms. The third kappa shape index (κ3) is 4.99. The van der Waals surface area contributed by atoms with Crippen molar-refractivity contribution >= 4 is 76.0 Å². The molecule has 2 unspecified atom stereocenters. The molecule has 0 saturated heterocycles. The normalized spacial score (nSPS) is 18.0. The molecule has 1 heterocycles. The number of para-hydroxylation sites is 1. The van der Waals surface area contributed by atoms with Crippen molar-refractivity contribution in [1.29, 1.82) is 0 Å². The van der Waals surface area contributed by atoms with Crippen LogP contribution in [0.3, 0.4) is 0 Å². The Hall–Kier alpha value is -7.74. The van der Waals surface area contributed by atoms with Crippen LogP contribution in [-0.2, 0) is 5.41 Å². The highest BCUT2D eigenvalue weighted by atomic mass is 15.3. The highest BCUT2D eigenvalue weighted by Crippen LogP contribution is 2.65. The summed E-state index contributed by atoms with van der Waals surface area (Å²) in [5.74, 6) is 0. The van der Waals surface area contributed by atoms with Gasteiger partial charge in [0, 0.05) is 16.8 Å². The lowest BCUT2D eigenvalue weighted by molar-refractivity contribution is 0.133. The first-order valence-electron chi connectivity index (χ1n) is 23.2. The van der Waals surface area contributed by atoms with Gasteiger partial charge in [-0.3, -0.25) is 0 Å². The average Bonchev–Trinajstić information content (AvgIpc) is 3.49. The molecule has 0 spiro atoms. The molecule has 2 aliphatic rings. The minimum absolute atomic E-state index is 0.0160. The first kappa shape index (κ1) is 36.7. The third-order valence-electron chi connectivity index (χ3n) is 16.1. The van der Waals surface area contributed by atoms with Gasteiger partial charge in [-0.05, 0) is 171 Å². The summed E-state index contributed by atoms with van der Waals surface area (Å²) in [5, 5.41) is 15.4. The van der Waals surface area contributed by atoms with Crippen molar-refractivity contribution in [2.75, 3.05) is 4.90 Å². The summed E-state index contributed by atoms with van der Waals surface area (Å²) >= 11 is 0. The highest BCUT2D eigenvalue weighted by Gasteiger charge is 2.63. The van der Waals surface area contributed by atoms with Crippen LogP contribution < -0.4 is 4.90 Å². The zero-order chi connectivity index (χ0) is 43.0. The summed E-state index contributed by atoms with van der Waals surface area (Å²) in [6.07, 6.45) is 2.35. The molecule has 12 aromatic rings. The fourth-order valence-electron chi connectivity index (χ4n) is 12.5. The van der Waals surface area contributed by atoms with Gasteiger partial charge in [0.05, 0.1) is 5.54 Å². The first-order valence-corrected chi connectivity index (χ1v) is 23.2. The molecule has 1 nitrogen and oxygen atoms in total. The predicted molar refractivity (Wildman–Crippen MR) is 278 cm³/mol. The van der Waals surface area contributed by atoms with Gasteiger partial charge in [0.2, 0.25) is 0 Å². The summed E-state index contributed by atoms with van der Waals surface area (Å²) in [7, 11) is 0. The molecule has 1 aliphatic carbocycles. The van der Waals surface area contributed by atoms with Gasteiger partial charge in [-0.2, -0.15) is 0 Å². The lowest BCUT2D eigenvalue weighted by Crippen LogP contribution is -2.60. The van der Waals surface area contributed by atoms with Gasteiger partial charge in [-0.15, -0.1) is 0 Å². The van der Waals surface area contributed by atoms with E-state index in [1.807, 2.05) is 0 Å². The number of hydrogen-bond acceptors (Lipinski definition) is 1. The molecule has 1 fully saturated rings. The van der Waals surface area contributed by atoms with E-state index in [0.717, 1.165) is 0 Å². The molecule has 0 amide bonds. The van der Waals surface area contributed by atoms with Crippen LogP contribution in [0.25, 0.3) is 109 Å². The van der Waals surface area contributed by atoms with Crippen molar-refractivity contribution in [2.24, 2.45) is 0 Å². The van der Waals surface area contributed by atoms with Crippen molar-refractivity contribution in [3.63, 3.8) is 0 Å². The van der Waals surface area contributed by atoms with E-state index < -0.39 is 0 Å². The fourth-order valence-corrected chi connectivity index (χ4v) is 12.5. The van der Waals surface area contributed by atoms with Crippen LogP contribution in [0.2, 0.25) is 0 Å². The Kier molecular flexibility index (Phi) is 7.56. The molecule has 1 saturated carbocycles. The third-order valence-corrected chi connectivity index (χ3v) is 16.1. The maximum atomic E-state index is 2.64. The van der Waals surface area contributed by atoms with E-state index in [2.05, 4.69) is 231 Å².